The van der Waals surface area contributed by atoms with E-state index in [9.17, 15) is 4.79 Å². The first-order chi connectivity index (χ1) is 19.1. The molecule has 0 aliphatic rings. The summed E-state index contributed by atoms with van der Waals surface area (Å²) < 4.78 is 21.4. The number of benzene rings is 3. The Morgan fingerprint density at radius 2 is 1.26 bits per heavy atom. The first-order valence-corrected chi connectivity index (χ1v) is 12.8. The number of aryl methyl sites for hydroxylation is 1. The molecule has 204 valence electrons. The summed E-state index contributed by atoms with van der Waals surface area (Å²) in [6.45, 7) is 7.50. The van der Waals surface area contributed by atoms with Gasteiger partial charge in [0.25, 0.3) is 0 Å². The minimum Gasteiger partial charge on any atom is -0.494 e. The zero-order valence-corrected chi connectivity index (χ0v) is 22.4. The number of azo groups is 2. The summed E-state index contributed by atoms with van der Waals surface area (Å²) in [5.41, 5.74) is 3.87. The first kappa shape index (κ1) is 29.2. The third-order valence-corrected chi connectivity index (χ3v) is 5.39. The van der Waals surface area contributed by atoms with E-state index in [1.165, 1.54) is 0 Å². The molecule has 0 saturated carbocycles. The lowest BCUT2D eigenvalue weighted by Gasteiger charge is -2.08. The third-order valence-electron chi connectivity index (χ3n) is 5.39. The van der Waals surface area contributed by atoms with Gasteiger partial charge in [0.2, 0.25) is 0 Å². The maximum absolute atomic E-state index is 11.0. The van der Waals surface area contributed by atoms with Gasteiger partial charge in [-0.1, -0.05) is 6.58 Å². The highest BCUT2D eigenvalue weighted by molar-refractivity contribution is 5.81. The molecule has 0 saturated heterocycles. The Bertz CT molecular complexity index is 1240. The van der Waals surface area contributed by atoms with E-state index >= 15 is 0 Å². The highest BCUT2D eigenvalue weighted by atomic mass is 16.5. The molecule has 0 aliphatic carbocycles. The fourth-order valence-corrected chi connectivity index (χ4v) is 3.27. The second-order valence-electron chi connectivity index (χ2n) is 8.48. The highest BCUT2D eigenvalue weighted by Crippen LogP contribution is 2.27. The predicted octanol–water partition coefficient (Wildman–Crippen LogP) is 8.13. The molecule has 0 atom stereocenters. The zero-order chi connectivity index (χ0) is 27.7. The molecule has 9 heteroatoms. The van der Waals surface area contributed by atoms with Crippen LogP contribution in [0.3, 0.4) is 0 Å². The molecule has 0 amide bonds. The molecule has 0 N–H and O–H groups in total. The lowest BCUT2D eigenvalue weighted by molar-refractivity contribution is -0.137. The molecule has 0 aromatic heterocycles. The van der Waals surface area contributed by atoms with Gasteiger partial charge in [-0.25, -0.2) is 4.79 Å². The normalized spacial score (nSPS) is 11.1. The van der Waals surface area contributed by atoms with Crippen molar-refractivity contribution in [3.05, 3.63) is 84.9 Å². The van der Waals surface area contributed by atoms with E-state index in [0.29, 0.717) is 37.8 Å². The maximum atomic E-state index is 11.0. The summed E-state index contributed by atoms with van der Waals surface area (Å²) in [4.78, 5) is 11.0. The van der Waals surface area contributed by atoms with E-state index in [1.807, 2.05) is 73.7 Å². The largest absolute Gasteiger partial charge is 0.494 e. The zero-order valence-electron chi connectivity index (χ0n) is 22.4. The third kappa shape index (κ3) is 10.9. The smallest absolute Gasteiger partial charge is 0.330 e. The van der Waals surface area contributed by atoms with Crippen LogP contribution in [0.25, 0.3) is 0 Å². The Morgan fingerprint density at radius 1 is 0.718 bits per heavy atom. The average Bonchev–Trinajstić information content (AvgIpc) is 2.96. The van der Waals surface area contributed by atoms with Crippen molar-refractivity contribution in [2.45, 2.75) is 26.2 Å². The molecule has 3 rings (SSSR count). The second kappa shape index (κ2) is 16.5. The van der Waals surface area contributed by atoms with Crippen molar-refractivity contribution in [1.29, 1.82) is 0 Å². The number of nitrogens with zero attached hydrogens (tertiary/aromatic N) is 4. The number of carbonyl (C=O) groups excluding carboxylic acids is 1. The molecule has 39 heavy (non-hydrogen) atoms. The van der Waals surface area contributed by atoms with E-state index in [0.717, 1.165) is 53.8 Å². The molecule has 0 bridgehead atoms. The van der Waals surface area contributed by atoms with Gasteiger partial charge in [-0.15, -0.1) is 0 Å². The van der Waals surface area contributed by atoms with Crippen molar-refractivity contribution in [2.24, 2.45) is 20.5 Å². The molecule has 9 nitrogen and oxygen atoms in total. The standard InChI is InChI=1S/C30H34N4O5/c1-4-30(35)39-20-6-5-19-38-28-16-17-29(23(2)22-28)34-33-25-10-8-24(9-11-25)31-32-26-12-14-27(15-13-26)37-21-7-18-36-3/h4,8-17,22H,1,5-7,18-21H2,2-3H3. The van der Waals surface area contributed by atoms with E-state index in [2.05, 4.69) is 27.0 Å². The Balaban J connectivity index is 1.45. The molecule has 3 aromatic carbocycles. The topological polar surface area (TPSA) is 103 Å². The van der Waals surface area contributed by atoms with Crippen LogP contribution in [0.2, 0.25) is 0 Å². The van der Waals surface area contributed by atoms with Gasteiger partial charge in [0.15, 0.2) is 0 Å². The Kier molecular flexibility index (Phi) is 12.3. The molecule has 0 spiro atoms. The Morgan fingerprint density at radius 3 is 1.87 bits per heavy atom. The lowest BCUT2D eigenvalue weighted by atomic mass is 10.2. The maximum Gasteiger partial charge on any atom is 0.330 e. The summed E-state index contributed by atoms with van der Waals surface area (Å²) in [6.07, 6.45) is 3.50. The molecule has 0 heterocycles. The van der Waals surface area contributed by atoms with Crippen LogP contribution in [0.5, 0.6) is 11.5 Å². The van der Waals surface area contributed by atoms with Crippen molar-refractivity contribution < 1.29 is 23.7 Å². The van der Waals surface area contributed by atoms with Crippen LogP contribution < -0.4 is 9.47 Å². The van der Waals surface area contributed by atoms with E-state index < -0.39 is 5.97 Å². The van der Waals surface area contributed by atoms with E-state index in [1.54, 1.807) is 7.11 Å². The summed E-state index contributed by atoms with van der Waals surface area (Å²) in [6, 6.07) is 20.5. The van der Waals surface area contributed by atoms with Crippen LogP contribution in [0.4, 0.5) is 22.7 Å². The Labute approximate surface area is 229 Å². The number of ether oxygens (including phenoxy) is 4. The number of hydrogen-bond donors (Lipinski definition) is 0. The average molecular weight is 531 g/mol. The fraction of sp³-hybridized carbons (Fsp3) is 0.300. The van der Waals surface area contributed by atoms with Crippen LogP contribution in [0.1, 0.15) is 24.8 Å². The minimum atomic E-state index is -0.407. The van der Waals surface area contributed by atoms with Gasteiger partial charge < -0.3 is 18.9 Å². The van der Waals surface area contributed by atoms with Gasteiger partial charge in [-0.05, 0) is 92.1 Å². The molecule has 0 unspecified atom stereocenters. The quantitative estimate of drug-likeness (QED) is 0.0805. The molecule has 0 aliphatic heterocycles. The summed E-state index contributed by atoms with van der Waals surface area (Å²) in [7, 11) is 1.68. The van der Waals surface area contributed by atoms with E-state index in [-0.39, 0.29) is 0 Å². The molecular formula is C30H34N4O5. The van der Waals surface area contributed by atoms with Crippen molar-refractivity contribution in [3.8, 4) is 11.5 Å². The highest BCUT2D eigenvalue weighted by Gasteiger charge is 2.02. The Hall–Kier alpha value is -4.37. The van der Waals surface area contributed by atoms with Gasteiger partial charge in [0.1, 0.15) is 11.5 Å². The van der Waals surface area contributed by atoms with Gasteiger partial charge in [0, 0.05) is 26.2 Å². The molecular weight excluding hydrogens is 496 g/mol. The van der Waals surface area contributed by atoms with Gasteiger partial charge in [-0.3, -0.25) is 0 Å². The predicted molar refractivity (Wildman–Crippen MR) is 150 cm³/mol. The van der Waals surface area contributed by atoms with Crippen molar-refractivity contribution >= 4 is 28.7 Å². The number of hydrogen-bond acceptors (Lipinski definition) is 9. The van der Waals surface area contributed by atoms with Crippen molar-refractivity contribution in [1.82, 2.24) is 0 Å². The number of esters is 1. The van der Waals surface area contributed by atoms with Crippen LogP contribution >= 0.6 is 0 Å². The number of methoxy groups -OCH3 is 1. The monoisotopic (exact) mass is 530 g/mol. The number of carbonyl (C=O) groups is 1. The molecule has 0 fully saturated rings. The SMILES string of the molecule is C=CC(=O)OCCCCOc1ccc(N=Nc2ccc(N=Nc3ccc(OCCCOC)cc3)cc2)c(C)c1. The molecule has 3 aromatic rings. The van der Waals surface area contributed by atoms with Crippen molar-refractivity contribution in [3.63, 3.8) is 0 Å². The lowest BCUT2D eigenvalue weighted by Crippen LogP contribution is -2.04. The van der Waals surface area contributed by atoms with Gasteiger partial charge in [-0.2, -0.15) is 20.5 Å². The van der Waals surface area contributed by atoms with Crippen LogP contribution in [0, 0.1) is 6.92 Å². The van der Waals surface area contributed by atoms with E-state index in [4.69, 9.17) is 18.9 Å². The fourth-order valence-electron chi connectivity index (χ4n) is 3.27. The summed E-state index contributed by atoms with van der Waals surface area (Å²) in [5.74, 6) is 1.14. The van der Waals surface area contributed by atoms with Crippen molar-refractivity contribution in [2.75, 3.05) is 33.5 Å². The van der Waals surface area contributed by atoms with Crippen LogP contribution in [-0.2, 0) is 14.3 Å². The van der Waals surface area contributed by atoms with Crippen LogP contribution in [0.15, 0.2) is 99.8 Å². The number of rotatable bonds is 16. The van der Waals surface area contributed by atoms with Gasteiger partial charge >= 0.3 is 5.97 Å². The first-order valence-electron chi connectivity index (χ1n) is 12.8. The summed E-state index contributed by atoms with van der Waals surface area (Å²) >= 11 is 0. The van der Waals surface area contributed by atoms with Crippen LogP contribution in [-0.4, -0.2) is 39.5 Å². The summed E-state index contributed by atoms with van der Waals surface area (Å²) in [5, 5.41) is 17.3. The minimum absolute atomic E-state index is 0.357. The second-order valence-corrected chi connectivity index (χ2v) is 8.48. The molecule has 0 radical (unpaired) electrons. The van der Waals surface area contributed by atoms with Gasteiger partial charge in [0.05, 0.1) is 42.6 Å². The number of unbranched alkanes of at least 4 members (excludes halogenated alkanes) is 1.